The molecule has 7 nitrogen and oxygen atoms in total. The molecular weight excluding hydrogens is 244 g/mol. The van der Waals surface area contributed by atoms with Crippen LogP contribution in [0.25, 0.3) is 10.9 Å². The van der Waals surface area contributed by atoms with E-state index in [-0.39, 0.29) is 5.91 Å². The van der Waals surface area contributed by atoms with Crippen LogP contribution in [0.1, 0.15) is 16.3 Å². The lowest BCUT2D eigenvalue weighted by atomic mass is 10.2. The maximum absolute atomic E-state index is 12.2. The number of aromatic nitrogens is 5. The van der Waals surface area contributed by atoms with Crippen molar-refractivity contribution in [2.24, 2.45) is 7.05 Å². The molecule has 3 aromatic rings. The first kappa shape index (κ1) is 11.4. The summed E-state index contributed by atoms with van der Waals surface area (Å²) in [6.07, 6.45) is 0. The molecule has 19 heavy (non-hydrogen) atoms. The number of nitrogens with one attached hydrogen (secondary N) is 2. The number of aromatic amines is 1. The molecule has 0 fully saturated rings. The average molecular weight is 256 g/mol. The normalized spacial score (nSPS) is 10.8. The van der Waals surface area contributed by atoms with Crippen molar-refractivity contribution in [2.45, 2.75) is 6.92 Å². The molecule has 1 amide bonds. The predicted octanol–water partition coefficient (Wildman–Crippen LogP) is 1.25. The van der Waals surface area contributed by atoms with Gasteiger partial charge in [0.1, 0.15) is 5.82 Å². The van der Waals surface area contributed by atoms with Crippen molar-refractivity contribution >= 4 is 22.8 Å². The summed E-state index contributed by atoms with van der Waals surface area (Å²) in [5.74, 6) is 0.687. The van der Waals surface area contributed by atoms with Crippen molar-refractivity contribution in [3.63, 3.8) is 0 Å². The highest BCUT2D eigenvalue weighted by molar-refractivity contribution is 6.10. The monoisotopic (exact) mass is 256 g/mol. The highest BCUT2D eigenvalue weighted by Crippen LogP contribution is 2.16. The fourth-order valence-electron chi connectivity index (χ4n) is 1.92. The fourth-order valence-corrected chi connectivity index (χ4v) is 1.92. The standard InChI is InChI=1S/C12H12N6O/c1-7-13-12(18(2)17-7)14-11(19)10-8-5-3-4-6-9(8)15-16-10/h3-6H,1-2H3,(H,15,16)(H,13,14,17,19). The largest absolute Gasteiger partial charge is 0.289 e. The molecule has 0 aliphatic heterocycles. The molecule has 0 atom stereocenters. The molecule has 2 N–H and O–H groups in total. The Morgan fingerprint density at radius 3 is 2.89 bits per heavy atom. The van der Waals surface area contributed by atoms with Crippen LogP contribution in [-0.4, -0.2) is 30.9 Å². The van der Waals surface area contributed by atoms with E-state index in [4.69, 9.17) is 0 Å². The van der Waals surface area contributed by atoms with Crippen molar-refractivity contribution in [3.05, 3.63) is 35.8 Å². The first-order valence-corrected chi connectivity index (χ1v) is 5.77. The number of para-hydroxylation sites is 1. The van der Waals surface area contributed by atoms with Crippen molar-refractivity contribution in [1.82, 2.24) is 25.0 Å². The molecule has 3 rings (SSSR count). The van der Waals surface area contributed by atoms with E-state index in [9.17, 15) is 4.79 Å². The minimum Gasteiger partial charge on any atom is -0.289 e. The zero-order chi connectivity index (χ0) is 13.4. The third-order valence-electron chi connectivity index (χ3n) is 2.78. The highest BCUT2D eigenvalue weighted by atomic mass is 16.2. The number of carbonyl (C=O) groups excluding carboxylic acids is 1. The lowest BCUT2D eigenvalue weighted by Gasteiger charge is -2.01. The number of hydrogen-bond donors (Lipinski definition) is 2. The number of carbonyl (C=O) groups is 1. The zero-order valence-corrected chi connectivity index (χ0v) is 10.5. The van der Waals surface area contributed by atoms with Crippen LogP contribution in [0.15, 0.2) is 24.3 Å². The molecule has 0 aliphatic carbocycles. The first-order valence-electron chi connectivity index (χ1n) is 5.77. The van der Waals surface area contributed by atoms with Gasteiger partial charge in [0.2, 0.25) is 5.95 Å². The van der Waals surface area contributed by atoms with Gasteiger partial charge in [0.05, 0.1) is 5.52 Å². The van der Waals surface area contributed by atoms with Crippen LogP contribution in [0.2, 0.25) is 0 Å². The van der Waals surface area contributed by atoms with E-state index in [1.807, 2.05) is 24.3 Å². The number of anilines is 1. The van der Waals surface area contributed by atoms with Gasteiger partial charge in [-0.05, 0) is 13.0 Å². The zero-order valence-electron chi connectivity index (χ0n) is 10.5. The average Bonchev–Trinajstić information content (AvgIpc) is 2.93. The van der Waals surface area contributed by atoms with E-state index in [0.29, 0.717) is 17.5 Å². The Hall–Kier alpha value is -2.70. The summed E-state index contributed by atoms with van der Waals surface area (Å²) in [7, 11) is 1.72. The topological polar surface area (TPSA) is 88.5 Å². The molecule has 0 saturated heterocycles. The summed E-state index contributed by atoms with van der Waals surface area (Å²) in [4.78, 5) is 16.3. The molecular formula is C12H12N6O. The Balaban J connectivity index is 1.94. The number of rotatable bonds is 2. The van der Waals surface area contributed by atoms with Gasteiger partial charge in [0.15, 0.2) is 5.69 Å². The number of nitrogens with zero attached hydrogens (tertiary/aromatic N) is 4. The van der Waals surface area contributed by atoms with Crippen molar-refractivity contribution in [1.29, 1.82) is 0 Å². The smallest absolute Gasteiger partial charge is 0.279 e. The third-order valence-corrected chi connectivity index (χ3v) is 2.78. The van der Waals surface area contributed by atoms with Crippen molar-refractivity contribution in [2.75, 3.05) is 5.32 Å². The van der Waals surface area contributed by atoms with Gasteiger partial charge in [-0.15, -0.1) is 0 Å². The number of fused-ring (bicyclic) bond motifs is 1. The van der Waals surface area contributed by atoms with Crippen LogP contribution < -0.4 is 5.32 Å². The Morgan fingerprint density at radius 1 is 1.37 bits per heavy atom. The van der Waals surface area contributed by atoms with Crippen LogP contribution in [0, 0.1) is 6.92 Å². The summed E-state index contributed by atoms with van der Waals surface area (Å²) >= 11 is 0. The maximum Gasteiger partial charge on any atom is 0.279 e. The highest BCUT2D eigenvalue weighted by Gasteiger charge is 2.16. The molecule has 7 heteroatoms. The second-order valence-corrected chi connectivity index (χ2v) is 4.18. The molecule has 0 unspecified atom stereocenters. The van der Waals surface area contributed by atoms with Crippen LogP contribution in [-0.2, 0) is 7.05 Å². The first-order chi connectivity index (χ1) is 9.15. The molecule has 0 bridgehead atoms. The van der Waals surface area contributed by atoms with Gasteiger partial charge in [-0.1, -0.05) is 18.2 Å². The number of amides is 1. The minimum absolute atomic E-state index is 0.312. The lowest BCUT2D eigenvalue weighted by molar-refractivity contribution is 0.102. The molecule has 0 saturated carbocycles. The van der Waals surface area contributed by atoms with Crippen molar-refractivity contribution < 1.29 is 4.79 Å². The van der Waals surface area contributed by atoms with E-state index in [1.165, 1.54) is 4.68 Å². The van der Waals surface area contributed by atoms with Crippen molar-refractivity contribution in [3.8, 4) is 0 Å². The third kappa shape index (κ3) is 1.95. The Bertz CT molecular complexity index is 757. The van der Waals surface area contributed by atoms with E-state index in [1.54, 1.807) is 14.0 Å². The molecule has 2 heterocycles. The summed E-state index contributed by atoms with van der Waals surface area (Å²) < 4.78 is 1.52. The Labute approximate surface area is 108 Å². The SMILES string of the molecule is Cc1nc(NC(=O)c2n[nH]c3ccccc23)n(C)n1. The maximum atomic E-state index is 12.2. The Kier molecular flexibility index (Phi) is 2.52. The second kappa shape index (κ2) is 4.20. The van der Waals surface area contributed by atoms with Gasteiger partial charge >= 0.3 is 0 Å². The molecule has 0 spiro atoms. The van der Waals surface area contributed by atoms with Crippen LogP contribution >= 0.6 is 0 Å². The van der Waals surface area contributed by atoms with E-state index >= 15 is 0 Å². The van der Waals surface area contributed by atoms with Gasteiger partial charge < -0.3 is 0 Å². The fraction of sp³-hybridized carbons (Fsp3) is 0.167. The van der Waals surface area contributed by atoms with Crippen LogP contribution in [0.5, 0.6) is 0 Å². The van der Waals surface area contributed by atoms with E-state index < -0.39 is 0 Å². The Morgan fingerprint density at radius 2 is 2.16 bits per heavy atom. The molecule has 96 valence electrons. The summed E-state index contributed by atoms with van der Waals surface area (Å²) in [6.45, 7) is 1.76. The van der Waals surface area contributed by atoms with Crippen LogP contribution in [0.4, 0.5) is 5.95 Å². The molecule has 2 aromatic heterocycles. The van der Waals surface area contributed by atoms with Gasteiger partial charge in [-0.2, -0.15) is 15.2 Å². The van der Waals surface area contributed by atoms with E-state index in [2.05, 4.69) is 25.6 Å². The summed E-state index contributed by atoms with van der Waals surface area (Å²) in [6, 6.07) is 7.45. The van der Waals surface area contributed by atoms with Gasteiger partial charge in [0.25, 0.3) is 5.91 Å². The van der Waals surface area contributed by atoms with E-state index in [0.717, 1.165) is 10.9 Å². The quantitative estimate of drug-likeness (QED) is 0.722. The molecule has 0 aliphatic rings. The molecule has 1 aromatic carbocycles. The summed E-state index contributed by atoms with van der Waals surface area (Å²) in [5.41, 5.74) is 1.16. The van der Waals surface area contributed by atoms with Gasteiger partial charge in [0, 0.05) is 12.4 Å². The molecule has 0 radical (unpaired) electrons. The number of aryl methyl sites for hydroxylation is 2. The second-order valence-electron chi connectivity index (χ2n) is 4.18. The van der Waals surface area contributed by atoms with Gasteiger partial charge in [-0.3, -0.25) is 15.2 Å². The van der Waals surface area contributed by atoms with Gasteiger partial charge in [-0.25, -0.2) is 4.68 Å². The number of hydrogen-bond acceptors (Lipinski definition) is 4. The predicted molar refractivity (Wildman–Crippen MR) is 69.8 cm³/mol. The summed E-state index contributed by atoms with van der Waals surface area (Å²) in [5, 5.41) is 14.4. The number of benzene rings is 1. The number of H-pyrrole nitrogens is 1. The minimum atomic E-state index is -0.312. The van der Waals surface area contributed by atoms with Crippen LogP contribution in [0.3, 0.4) is 0 Å². The lowest BCUT2D eigenvalue weighted by Crippen LogP contribution is -2.16.